The molecule has 3 aliphatic rings. The predicted octanol–water partition coefficient (Wildman–Crippen LogP) is 5.93. The van der Waals surface area contributed by atoms with E-state index in [0.29, 0.717) is 21.6 Å². The number of amides is 2. The fourth-order valence-corrected chi connectivity index (χ4v) is 9.89. The number of likely N-dealkylation sites (N-methyl/N-ethyl adjacent to an activating group) is 1. The number of nitrogens with one attached hydrogen (secondary N) is 2. The number of benzene rings is 3. The maximum Gasteiger partial charge on any atom is 0.314 e. The van der Waals surface area contributed by atoms with Gasteiger partial charge in [0, 0.05) is 62.8 Å². The molecule has 0 aromatic heterocycles. The van der Waals surface area contributed by atoms with E-state index in [-0.39, 0.29) is 17.5 Å². The number of urea groups is 1. The van der Waals surface area contributed by atoms with Crippen LogP contribution in [0.1, 0.15) is 57.1 Å². The Kier molecular flexibility index (Phi) is 10.8. The number of hydrogen-bond acceptors (Lipinski definition) is 6. The van der Waals surface area contributed by atoms with Gasteiger partial charge in [-0.2, -0.15) is 0 Å². The standard InChI is InChI=1S/C39H53N5O3S/c1-4-11-33(41-38(45)40-3)24-39(29-42(5-2)28-31-12-9-10-15-37(31)39)32-20-22-43(23-21-32)25-30-26-44(27-30)34-16-18-36(19-17-34)48(46,47)35-13-7-6-8-14-35/h6-10,12-19,30,32-33H,4-5,11,20-29H2,1-3H3,(H2,40,41,45)/t33-,39?/m0/s1. The highest BCUT2D eigenvalue weighted by molar-refractivity contribution is 7.91. The van der Waals surface area contributed by atoms with Gasteiger partial charge in [-0.25, -0.2) is 13.2 Å². The number of nitrogens with zero attached hydrogens (tertiary/aromatic N) is 3. The molecule has 2 N–H and O–H groups in total. The van der Waals surface area contributed by atoms with Gasteiger partial charge in [0.1, 0.15) is 0 Å². The first-order valence-corrected chi connectivity index (χ1v) is 19.4. The van der Waals surface area contributed by atoms with Crippen molar-refractivity contribution in [1.29, 1.82) is 0 Å². The Hall–Kier alpha value is -3.40. The zero-order valence-electron chi connectivity index (χ0n) is 28.9. The summed E-state index contributed by atoms with van der Waals surface area (Å²) in [7, 11) is -1.80. The van der Waals surface area contributed by atoms with Gasteiger partial charge in [-0.3, -0.25) is 4.90 Å². The summed E-state index contributed by atoms with van der Waals surface area (Å²) in [5.74, 6) is 1.17. The predicted molar refractivity (Wildman–Crippen MR) is 193 cm³/mol. The molecule has 3 aliphatic heterocycles. The van der Waals surface area contributed by atoms with Crippen molar-refractivity contribution < 1.29 is 13.2 Å². The molecule has 8 nitrogen and oxygen atoms in total. The van der Waals surface area contributed by atoms with Crippen molar-refractivity contribution in [2.75, 3.05) is 57.8 Å². The molecule has 2 fully saturated rings. The highest BCUT2D eigenvalue weighted by Gasteiger charge is 2.47. The molecule has 1 unspecified atom stereocenters. The molecule has 6 rings (SSSR count). The molecule has 0 bridgehead atoms. The number of fused-ring (bicyclic) bond motifs is 1. The lowest BCUT2D eigenvalue weighted by atomic mass is 9.60. The van der Waals surface area contributed by atoms with Gasteiger partial charge in [0.25, 0.3) is 0 Å². The van der Waals surface area contributed by atoms with Crippen molar-refractivity contribution in [3.8, 4) is 0 Å². The van der Waals surface area contributed by atoms with Crippen molar-refractivity contribution in [3.05, 3.63) is 90.0 Å². The van der Waals surface area contributed by atoms with Gasteiger partial charge >= 0.3 is 6.03 Å². The number of rotatable bonds is 12. The van der Waals surface area contributed by atoms with E-state index in [1.165, 1.54) is 24.0 Å². The van der Waals surface area contributed by atoms with Crippen molar-refractivity contribution in [2.45, 2.75) is 73.7 Å². The van der Waals surface area contributed by atoms with Crippen LogP contribution < -0.4 is 15.5 Å². The van der Waals surface area contributed by atoms with E-state index in [9.17, 15) is 13.2 Å². The number of likely N-dealkylation sites (tertiary alicyclic amines) is 1. The first-order chi connectivity index (χ1) is 23.2. The van der Waals surface area contributed by atoms with Crippen LogP contribution in [0.4, 0.5) is 10.5 Å². The first-order valence-electron chi connectivity index (χ1n) is 17.9. The molecule has 2 saturated heterocycles. The Bertz CT molecular complexity index is 1620. The van der Waals surface area contributed by atoms with Crippen molar-refractivity contribution in [1.82, 2.24) is 20.4 Å². The van der Waals surface area contributed by atoms with Gasteiger partial charge < -0.3 is 20.4 Å². The monoisotopic (exact) mass is 671 g/mol. The Morgan fingerprint density at radius 2 is 1.56 bits per heavy atom. The third-order valence-corrected chi connectivity index (χ3v) is 12.9. The Morgan fingerprint density at radius 3 is 2.23 bits per heavy atom. The minimum absolute atomic E-state index is 0.00518. The van der Waals surface area contributed by atoms with Crippen molar-refractivity contribution in [3.63, 3.8) is 0 Å². The summed E-state index contributed by atoms with van der Waals surface area (Å²) in [6.45, 7) is 12.9. The molecule has 0 aliphatic carbocycles. The van der Waals surface area contributed by atoms with Gasteiger partial charge in [-0.05, 0) is 98.8 Å². The summed E-state index contributed by atoms with van der Waals surface area (Å²) in [5, 5.41) is 6.10. The lowest BCUT2D eigenvalue weighted by Gasteiger charge is -2.52. The summed E-state index contributed by atoms with van der Waals surface area (Å²) < 4.78 is 26.0. The lowest BCUT2D eigenvalue weighted by Crippen LogP contribution is -2.57. The molecule has 3 heterocycles. The van der Waals surface area contributed by atoms with Gasteiger partial charge in [-0.15, -0.1) is 0 Å². The molecule has 0 spiro atoms. The zero-order chi connectivity index (χ0) is 33.7. The number of carbonyl (C=O) groups excluding carboxylic acids is 1. The summed E-state index contributed by atoms with van der Waals surface area (Å²) in [5.41, 5.74) is 4.04. The van der Waals surface area contributed by atoms with Crippen LogP contribution in [0.15, 0.2) is 88.7 Å². The van der Waals surface area contributed by atoms with Gasteiger partial charge in [0.2, 0.25) is 9.84 Å². The van der Waals surface area contributed by atoms with Crippen LogP contribution in [-0.4, -0.2) is 83.2 Å². The van der Waals surface area contributed by atoms with E-state index in [1.807, 2.05) is 18.2 Å². The van der Waals surface area contributed by atoms with Crippen LogP contribution in [0, 0.1) is 11.8 Å². The number of sulfone groups is 1. The van der Waals surface area contributed by atoms with Crippen LogP contribution in [0.2, 0.25) is 0 Å². The second-order valence-electron chi connectivity index (χ2n) is 14.2. The average molecular weight is 672 g/mol. The van der Waals surface area contributed by atoms with Crippen LogP contribution in [-0.2, 0) is 21.8 Å². The third-order valence-electron chi connectivity index (χ3n) is 11.1. The topological polar surface area (TPSA) is 85.0 Å². The largest absolute Gasteiger partial charge is 0.371 e. The lowest BCUT2D eigenvalue weighted by molar-refractivity contribution is 0.0592. The molecule has 48 heavy (non-hydrogen) atoms. The summed E-state index contributed by atoms with van der Waals surface area (Å²) >= 11 is 0. The van der Waals surface area contributed by atoms with Gasteiger partial charge in [0.05, 0.1) is 9.79 Å². The molecule has 258 valence electrons. The Morgan fingerprint density at radius 1 is 0.896 bits per heavy atom. The van der Waals surface area contributed by atoms with E-state index in [0.717, 1.165) is 77.3 Å². The fraction of sp³-hybridized carbons (Fsp3) is 0.513. The second kappa shape index (κ2) is 15.0. The molecule has 2 amide bonds. The van der Waals surface area contributed by atoms with E-state index in [2.05, 4.69) is 63.4 Å². The molecular formula is C39H53N5O3S. The minimum atomic E-state index is -3.50. The number of piperidine rings is 1. The number of hydrogen-bond donors (Lipinski definition) is 2. The summed E-state index contributed by atoms with van der Waals surface area (Å²) in [6, 6.07) is 25.1. The molecule has 0 radical (unpaired) electrons. The van der Waals surface area contributed by atoms with E-state index < -0.39 is 9.84 Å². The average Bonchev–Trinajstić information content (AvgIpc) is 3.10. The normalized spacial score (nSPS) is 21.7. The molecular weight excluding hydrogens is 619 g/mol. The van der Waals surface area contributed by atoms with E-state index >= 15 is 0 Å². The van der Waals surface area contributed by atoms with Crippen LogP contribution in [0.3, 0.4) is 0 Å². The maximum atomic E-state index is 13.0. The van der Waals surface area contributed by atoms with Crippen molar-refractivity contribution >= 4 is 21.6 Å². The van der Waals surface area contributed by atoms with Crippen LogP contribution in [0.25, 0.3) is 0 Å². The maximum absolute atomic E-state index is 13.0. The van der Waals surface area contributed by atoms with Crippen LogP contribution in [0.5, 0.6) is 0 Å². The fourth-order valence-electron chi connectivity index (χ4n) is 8.61. The smallest absolute Gasteiger partial charge is 0.314 e. The highest BCUT2D eigenvalue weighted by atomic mass is 32.2. The second-order valence-corrected chi connectivity index (χ2v) is 16.1. The summed E-state index contributed by atoms with van der Waals surface area (Å²) in [6.07, 6.45) is 5.32. The SMILES string of the molecule is CCC[C@@H](CC1(C2CCN(CC3CN(c4ccc(S(=O)(=O)c5ccccc5)cc4)C3)CC2)CN(CC)Cc2ccccc21)NC(=O)NC. The van der Waals surface area contributed by atoms with E-state index in [4.69, 9.17) is 0 Å². The molecule has 9 heteroatoms. The van der Waals surface area contributed by atoms with Crippen molar-refractivity contribution in [2.24, 2.45) is 11.8 Å². The molecule has 3 aromatic rings. The van der Waals surface area contributed by atoms with Gasteiger partial charge in [0.15, 0.2) is 0 Å². The zero-order valence-corrected chi connectivity index (χ0v) is 29.7. The van der Waals surface area contributed by atoms with Crippen LogP contribution >= 0.6 is 0 Å². The summed E-state index contributed by atoms with van der Waals surface area (Å²) in [4.78, 5) is 20.8. The Balaban J connectivity index is 1.09. The quantitative estimate of drug-likeness (QED) is 0.249. The molecule has 0 saturated carbocycles. The number of carbonyl (C=O) groups is 1. The van der Waals surface area contributed by atoms with E-state index in [1.54, 1.807) is 43.4 Å². The molecule has 2 atom stereocenters. The minimum Gasteiger partial charge on any atom is -0.371 e. The third kappa shape index (κ3) is 7.28. The number of anilines is 1. The first kappa shape index (κ1) is 34.5. The van der Waals surface area contributed by atoms with Gasteiger partial charge in [-0.1, -0.05) is 62.7 Å². The molecule has 3 aromatic carbocycles. The Labute approximate surface area is 287 Å². The highest BCUT2D eigenvalue weighted by Crippen LogP contribution is 2.47.